The number of thioether (sulfide) groups is 1. The second-order valence-corrected chi connectivity index (χ2v) is 10.5. The van der Waals surface area contributed by atoms with Gasteiger partial charge in [0.25, 0.3) is 0 Å². The minimum Gasteiger partial charge on any atom is -0.374 e. The Bertz CT molecular complexity index is 670. The smallest absolute Gasteiger partial charge is 0.233 e. The minimum atomic E-state index is -3.00. The average Bonchev–Trinajstić information content (AvgIpc) is 3.20. The van der Waals surface area contributed by atoms with E-state index in [4.69, 9.17) is 5.73 Å². The highest BCUT2D eigenvalue weighted by atomic mass is 32.2. The summed E-state index contributed by atoms with van der Waals surface area (Å²) < 4.78 is 24.3. The van der Waals surface area contributed by atoms with Gasteiger partial charge < -0.3 is 10.6 Å². The number of nitrogens with zero attached hydrogens (tertiary/aromatic N) is 3. The zero-order valence-electron chi connectivity index (χ0n) is 12.7. The summed E-state index contributed by atoms with van der Waals surface area (Å²) in [4.78, 5) is 14.6. The van der Waals surface area contributed by atoms with Crippen LogP contribution >= 0.6 is 23.1 Å². The summed E-state index contributed by atoms with van der Waals surface area (Å²) in [5.41, 5.74) is 5.54. The summed E-state index contributed by atoms with van der Waals surface area (Å²) in [5.74, 6) is 0.541. The molecule has 10 heteroatoms. The Labute approximate surface area is 143 Å². The lowest BCUT2D eigenvalue weighted by molar-refractivity contribution is -0.132. The van der Waals surface area contributed by atoms with Gasteiger partial charge in [-0.1, -0.05) is 35.9 Å². The first-order chi connectivity index (χ1) is 10.9. The number of carbonyl (C=O) groups excluding carboxylic acids is 1. The van der Waals surface area contributed by atoms with Gasteiger partial charge in [-0.05, 0) is 19.3 Å². The molecule has 1 atom stereocenters. The fourth-order valence-electron chi connectivity index (χ4n) is 3.36. The summed E-state index contributed by atoms with van der Waals surface area (Å²) >= 11 is 2.58. The molecule has 0 aromatic carbocycles. The Morgan fingerprint density at radius 1 is 1.26 bits per heavy atom. The van der Waals surface area contributed by atoms with Crippen molar-refractivity contribution in [3.63, 3.8) is 0 Å². The molecule has 1 aromatic rings. The van der Waals surface area contributed by atoms with Crippen LogP contribution in [-0.4, -0.2) is 58.8 Å². The van der Waals surface area contributed by atoms with Crippen molar-refractivity contribution in [2.45, 2.75) is 48.5 Å². The third-order valence-corrected chi connectivity index (χ3v) is 7.97. The van der Waals surface area contributed by atoms with Crippen LogP contribution in [0.2, 0.25) is 0 Å². The van der Waals surface area contributed by atoms with E-state index in [0.717, 1.165) is 25.7 Å². The van der Waals surface area contributed by atoms with Gasteiger partial charge in [0.05, 0.1) is 17.3 Å². The maximum Gasteiger partial charge on any atom is 0.233 e. The van der Waals surface area contributed by atoms with E-state index in [1.54, 1.807) is 0 Å². The van der Waals surface area contributed by atoms with Crippen molar-refractivity contribution in [2.24, 2.45) is 0 Å². The Morgan fingerprint density at radius 3 is 2.57 bits per heavy atom. The van der Waals surface area contributed by atoms with Crippen molar-refractivity contribution in [1.29, 1.82) is 0 Å². The van der Waals surface area contributed by atoms with E-state index < -0.39 is 9.84 Å². The average molecular weight is 377 g/mol. The number of rotatable bonds is 5. The molecular weight excluding hydrogens is 356 g/mol. The predicted octanol–water partition coefficient (Wildman–Crippen LogP) is 1.17. The van der Waals surface area contributed by atoms with Crippen LogP contribution in [0.5, 0.6) is 0 Å². The molecule has 2 heterocycles. The fourth-order valence-corrected chi connectivity index (χ4v) is 6.58. The van der Waals surface area contributed by atoms with Gasteiger partial charge in [-0.3, -0.25) is 4.79 Å². The number of amides is 1. The molecule has 3 rings (SSSR count). The van der Waals surface area contributed by atoms with Crippen LogP contribution in [0.15, 0.2) is 4.34 Å². The Hall–Kier alpha value is -0.870. The van der Waals surface area contributed by atoms with Crippen molar-refractivity contribution in [1.82, 2.24) is 15.1 Å². The number of hydrogen-bond acceptors (Lipinski definition) is 8. The van der Waals surface area contributed by atoms with Gasteiger partial charge in [0.15, 0.2) is 14.2 Å². The van der Waals surface area contributed by atoms with Crippen molar-refractivity contribution >= 4 is 44.0 Å². The summed E-state index contributed by atoms with van der Waals surface area (Å²) in [6.45, 7) is 0. The Balaban J connectivity index is 1.68. The minimum absolute atomic E-state index is 0.00206. The molecule has 0 radical (unpaired) electrons. The molecule has 1 saturated heterocycles. The van der Waals surface area contributed by atoms with Gasteiger partial charge >= 0.3 is 0 Å². The molecule has 0 spiro atoms. The molecule has 0 unspecified atom stereocenters. The molecule has 0 bridgehead atoms. The second kappa shape index (κ2) is 6.94. The first-order valence-electron chi connectivity index (χ1n) is 7.68. The number of anilines is 1. The predicted molar refractivity (Wildman–Crippen MR) is 91.2 cm³/mol. The molecule has 2 N–H and O–H groups in total. The van der Waals surface area contributed by atoms with E-state index in [1.165, 1.54) is 23.1 Å². The number of aromatic nitrogens is 2. The first kappa shape index (κ1) is 17.0. The van der Waals surface area contributed by atoms with Crippen LogP contribution in [-0.2, 0) is 14.6 Å². The summed E-state index contributed by atoms with van der Waals surface area (Å²) in [6, 6.07) is 0.0107. The van der Waals surface area contributed by atoms with E-state index in [2.05, 4.69) is 10.2 Å². The Kier molecular flexibility index (Phi) is 5.12. The van der Waals surface area contributed by atoms with E-state index >= 15 is 0 Å². The molecule has 23 heavy (non-hydrogen) atoms. The van der Waals surface area contributed by atoms with Crippen LogP contribution in [0.25, 0.3) is 0 Å². The molecule has 1 aliphatic heterocycles. The highest BCUT2D eigenvalue weighted by Crippen LogP contribution is 2.31. The van der Waals surface area contributed by atoms with Gasteiger partial charge in [-0.25, -0.2) is 8.42 Å². The standard InChI is InChI=1S/C13H20N4O3S3/c14-12-15-16-13(22-12)21-7-11(18)17(9-3-1-2-4-9)10-5-6-23(19,20)8-10/h9-10H,1-8H2,(H2,14,15)/t10-/m1/s1. The molecule has 128 valence electrons. The Morgan fingerprint density at radius 2 is 2.00 bits per heavy atom. The van der Waals surface area contributed by atoms with Gasteiger partial charge in [-0.2, -0.15) is 0 Å². The van der Waals surface area contributed by atoms with E-state index in [1.807, 2.05) is 4.90 Å². The molecule has 2 aliphatic rings. The number of sulfone groups is 1. The van der Waals surface area contributed by atoms with E-state index in [-0.39, 0.29) is 35.2 Å². The van der Waals surface area contributed by atoms with Gasteiger partial charge in [0.2, 0.25) is 11.0 Å². The van der Waals surface area contributed by atoms with Crippen LogP contribution < -0.4 is 5.73 Å². The lowest BCUT2D eigenvalue weighted by Gasteiger charge is -2.34. The highest BCUT2D eigenvalue weighted by Gasteiger charge is 2.38. The molecule has 1 saturated carbocycles. The largest absolute Gasteiger partial charge is 0.374 e. The topological polar surface area (TPSA) is 106 Å². The third-order valence-electron chi connectivity index (χ3n) is 4.35. The SMILES string of the molecule is Nc1nnc(SCC(=O)N(C2CCCC2)[C@@H]2CCS(=O)(=O)C2)s1. The first-order valence-corrected chi connectivity index (χ1v) is 11.3. The number of hydrogen-bond donors (Lipinski definition) is 1. The van der Waals surface area contributed by atoms with Crippen molar-refractivity contribution in [3.05, 3.63) is 0 Å². The third kappa shape index (κ3) is 4.16. The number of carbonyl (C=O) groups is 1. The number of nitrogens with two attached hydrogens (primary N) is 1. The van der Waals surface area contributed by atoms with Crippen molar-refractivity contribution in [2.75, 3.05) is 23.0 Å². The summed E-state index contributed by atoms with van der Waals surface area (Å²) in [6.07, 6.45) is 4.71. The van der Waals surface area contributed by atoms with E-state index in [9.17, 15) is 13.2 Å². The summed E-state index contributed by atoms with van der Waals surface area (Å²) in [5, 5.41) is 8.02. The zero-order chi connectivity index (χ0) is 16.4. The van der Waals surface area contributed by atoms with Gasteiger partial charge in [0, 0.05) is 12.1 Å². The van der Waals surface area contributed by atoms with E-state index in [0.29, 0.717) is 15.9 Å². The number of nitrogen functional groups attached to an aromatic ring is 1. The molecule has 7 nitrogen and oxygen atoms in total. The molecule has 2 fully saturated rings. The summed E-state index contributed by atoms with van der Waals surface area (Å²) in [7, 11) is -3.00. The van der Waals surface area contributed by atoms with Gasteiger partial charge in [-0.15, -0.1) is 10.2 Å². The lowest BCUT2D eigenvalue weighted by Crippen LogP contribution is -2.47. The maximum atomic E-state index is 12.7. The van der Waals surface area contributed by atoms with Crippen LogP contribution in [0.3, 0.4) is 0 Å². The molecule has 1 amide bonds. The normalized spacial score (nSPS) is 24.1. The van der Waals surface area contributed by atoms with Crippen LogP contribution in [0, 0.1) is 0 Å². The fraction of sp³-hybridized carbons (Fsp3) is 0.769. The molecular formula is C13H20N4O3S3. The zero-order valence-corrected chi connectivity index (χ0v) is 15.1. The molecule has 1 aliphatic carbocycles. The monoisotopic (exact) mass is 376 g/mol. The maximum absolute atomic E-state index is 12.7. The highest BCUT2D eigenvalue weighted by molar-refractivity contribution is 8.01. The van der Waals surface area contributed by atoms with Gasteiger partial charge in [0.1, 0.15) is 0 Å². The quantitative estimate of drug-likeness (QED) is 0.769. The van der Waals surface area contributed by atoms with Crippen LogP contribution in [0.1, 0.15) is 32.1 Å². The van der Waals surface area contributed by atoms with Crippen LogP contribution in [0.4, 0.5) is 5.13 Å². The van der Waals surface area contributed by atoms with Crippen molar-refractivity contribution in [3.8, 4) is 0 Å². The van der Waals surface area contributed by atoms with Crippen molar-refractivity contribution < 1.29 is 13.2 Å². The molecule has 1 aromatic heterocycles. The second-order valence-electron chi connectivity index (χ2n) is 5.99. The lowest BCUT2D eigenvalue weighted by atomic mass is 10.1.